The molecule has 1 aromatic rings. The average Bonchev–Trinajstić information content (AvgIpc) is 2.78. The Morgan fingerprint density at radius 2 is 2.20 bits per heavy atom. The highest BCUT2D eigenvalue weighted by Gasteiger charge is 2.40. The van der Waals surface area contributed by atoms with E-state index in [1.54, 1.807) is 14.0 Å². The molecule has 7 heteroatoms. The zero-order chi connectivity index (χ0) is 14.8. The van der Waals surface area contributed by atoms with Crippen LogP contribution in [0.1, 0.15) is 54.8 Å². The highest BCUT2D eigenvalue weighted by molar-refractivity contribution is 5.87. The monoisotopic (exact) mass is 289 g/mol. The molecule has 1 saturated carbocycles. The molecule has 0 N–H and O–H groups in total. The van der Waals surface area contributed by atoms with E-state index in [9.17, 15) is 13.6 Å². The smallest absolute Gasteiger partial charge is 0.376 e. The fourth-order valence-corrected chi connectivity index (χ4v) is 2.24. The largest absolute Gasteiger partial charge is 0.460 e. The van der Waals surface area contributed by atoms with Crippen molar-refractivity contribution in [1.29, 1.82) is 0 Å². The van der Waals surface area contributed by atoms with Crippen LogP contribution < -0.4 is 0 Å². The van der Waals surface area contributed by atoms with Crippen LogP contribution >= 0.6 is 0 Å². The Kier molecular flexibility index (Phi) is 4.37. The van der Waals surface area contributed by atoms with Gasteiger partial charge in [-0.15, -0.1) is 0 Å². The lowest BCUT2D eigenvalue weighted by molar-refractivity contribution is -0.0747. The molecule has 0 amide bonds. The van der Waals surface area contributed by atoms with Crippen molar-refractivity contribution in [3.05, 3.63) is 17.3 Å². The number of esters is 1. The van der Waals surface area contributed by atoms with Crippen molar-refractivity contribution >= 4 is 5.97 Å². The van der Waals surface area contributed by atoms with E-state index in [0.29, 0.717) is 0 Å². The molecular formula is C13H17F2NO4. The van der Waals surface area contributed by atoms with E-state index in [2.05, 4.69) is 4.98 Å². The second kappa shape index (κ2) is 5.87. The maximum absolute atomic E-state index is 12.9. The van der Waals surface area contributed by atoms with Gasteiger partial charge in [0.1, 0.15) is 0 Å². The molecule has 1 heterocycles. The molecule has 0 aliphatic heterocycles. The molecule has 112 valence electrons. The van der Waals surface area contributed by atoms with Gasteiger partial charge in [-0.3, -0.25) is 0 Å². The van der Waals surface area contributed by atoms with E-state index in [1.807, 2.05) is 0 Å². The SMILES string of the molecule is CCOC(=O)c1oc(CC2(OC)CCC2)nc1C(F)F. The molecular weight excluding hydrogens is 272 g/mol. The molecule has 0 bridgehead atoms. The van der Waals surface area contributed by atoms with Crippen LogP contribution in [0.2, 0.25) is 0 Å². The molecule has 0 unspecified atom stereocenters. The summed E-state index contributed by atoms with van der Waals surface area (Å²) in [6, 6.07) is 0. The molecule has 20 heavy (non-hydrogen) atoms. The summed E-state index contributed by atoms with van der Waals surface area (Å²) in [6.07, 6.45) is 0.0607. The minimum Gasteiger partial charge on any atom is -0.460 e. The van der Waals surface area contributed by atoms with Crippen molar-refractivity contribution < 1.29 is 27.5 Å². The number of carbonyl (C=O) groups is 1. The average molecular weight is 289 g/mol. The van der Waals surface area contributed by atoms with Gasteiger partial charge in [-0.1, -0.05) is 0 Å². The highest BCUT2D eigenvalue weighted by atomic mass is 19.3. The third-order valence-electron chi connectivity index (χ3n) is 3.54. The highest BCUT2D eigenvalue weighted by Crippen LogP contribution is 2.38. The number of nitrogens with zero attached hydrogens (tertiary/aromatic N) is 1. The molecule has 1 fully saturated rings. The number of oxazole rings is 1. The first-order chi connectivity index (χ1) is 9.51. The summed E-state index contributed by atoms with van der Waals surface area (Å²) in [5, 5.41) is 0. The zero-order valence-corrected chi connectivity index (χ0v) is 11.4. The number of methoxy groups -OCH3 is 1. The molecule has 1 aliphatic rings. The van der Waals surface area contributed by atoms with Gasteiger partial charge in [0.05, 0.1) is 18.6 Å². The van der Waals surface area contributed by atoms with Crippen LogP contribution in [0.15, 0.2) is 4.42 Å². The van der Waals surface area contributed by atoms with Crippen LogP contribution in [-0.2, 0) is 15.9 Å². The van der Waals surface area contributed by atoms with Crippen molar-refractivity contribution in [1.82, 2.24) is 4.98 Å². The Bertz CT molecular complexity index is 477. The van der Waals surface area contributed by atoms with Gasteiger partial charge in [0.15, 0.2) is 11.6 Å². The standard InChI is InChI=1S/C13H17F2NO4/c1-3-19-12(17)10-9(11(14)15)16-8(20-10)7-13(18-2)5-4-6-13/h11H,3-7H2,1-2H3. The maximum Gasteiger partial charge on any atom is 0.376 e. The Hall–Kier alpha value is -1.50. The number of alkyl halides is 2. The number of carbonyl (C=O) groups excluding carboxylic acids is 1. The van der Waals surface area contributed by atoms with E-state index < -0.39 is 29.4 Å². The van der Waals surface area contributed by atoms with Crippen LogP contribution in [0, 0.1) is 0 Å². The summed E-state index contributed by atoms with van der Waals surface area (Å²) in [4.78, 5) is 15.3. The maximum atomic E-state index is 12.9. The number of rotatable bonds is 6. The Balaban J connectivity index is 2.22. The van der Waals surface area contributed by atoms with Crippen molar-refractivity contribution in [2.75, 3.05) is 13.7 Å². The normalized spacial score (nSPS) is 17.1. The summed E-state index contributed by atoms with van der Waals surface area (Å²) in [5.74, 6) is -1.34. The lowest BCUT2D eigenvalue weighted by atomic mass is 9.77. The van der Waals surface area contributed by atoms with E-state index in [-0.39, 0.29) is 18.9 Å². The predicted octanol–water partition coefficient (Wildman–Crippen LogP) is 2.90. The van der Waals surface area contributed by atoms with Gasteiger partial charge >= 0.3 is 5.97 Å². The second-order valence-electron chi connectivity index (χ2n) is 4.76. The third kappa shape index (κ3) is 2.82. The van der Waals surface area contributed by atoms with Crippen LogP contribution in [-0.4, -0.2) is 30.3 Å². The fraction of sp³-hybridized carbons (Fsp3) is 0.692. The lowest BCUT2D eigenvalue weighted by Gasteiger charge is -2.39. The van der Waals surface area contributed by atoms with E-state index >= 15 is 0 Å². The number of aromatic nitrogens is 1. The quantitative estimate of drug-likeness (QED) is 0.753. The van der Waals surface area contributed by atoms with E-state index in [0.717, 1.165) is 19.3 Å². The van der Waals surface area contributed by atoms with Gasteiger partial charge < -0.3 is 13.9 Å². The van der Waals surface area contributed by atoms with Gasteiger partial charge in [-0.2, -0.15) is 0 Å². The van der Waals surface area contributed by atoms with Crippen LogP contribution in [0.25, 0.3) is 0 Å². The van der Waals surface area contributed by atoms with Crippen LogP contribution in [0.4, 0.5) is 8.78 Å². The van der Waals surface area contributed by atoms with E-state index in [4.69, 9.17) is 13.9 Å². The van der Waals surface area contributed by atoms with Gasteiger partial charge in [-0.05, 0) is 26.2 Å². The molecule has 0 aromatic carbocycles. The Labute approximate surface area is 115 Å². The zero-order valence-electron chi connectivity index (χ0n) is 11.4. The van der Waals surface area contributed by atoms with Crippen LogP contribution in [0.5, 0.6) is 0 Å². The van der Waals surface area contributed by atoms with Gasteiger partial charge in [0.25, 0.3) is 6.43 Å². The van der Waals surface area contributed by atoms with Crippen molar-refractivity contribution in [3.8, 4) is 0 Å². The van der Waals surface area contributed by atoms with Crippen molar-refractivity contribution in [2.45, 2.75) is 44.6 Å². The van der Waals surface area contributed by atoms with Crippen molar-refractivity contribution in [2.24, 2.45) is 0 Å². The molecule has 1 aliphatic carbocycles. The fourth-order valence-electron chi connectivity index (χ4n) is 2.24. The first-order valence-electron chi connectivity index (χ1n) is 6.51. The first kappa shape index (κ1) is 14.9. The summed E-state index contributed by atoms with van der Waals surface area (Å²) in [5.41, 5.74) is -1.07. The number of halogens is 2. The minimum absolute atomic E-state index is 0.0829. The number of hydrogen-bond donors (Lipinski definition) is 0. The predicted molar refractivity (Wildman–Crippen MR) is 64.7 cm³/mol. The molecule has 0 radical (unpaired) electrons. The van der Waals surface area contributed by atoms with Crippen molar-refractivity contribution in [3.63, 3.8) is 0 Å². The Morgan fingerprint density at radius 3 is 2.65 bits per heavy atom. The van der Waals surface area contributed by atoms with E-state index in [1.165, 1.54) is 0 Å². The Morgan fingerprint density at radius 1 is 1.50 bits per heavy atom. The summed E-state index contributed by atoms with van der Waals surface area (Å²) in [7, 11) is 1.57. The molecule has 1 aromatic heterocycles. The topological polar surface area (TPSA) is 61.6 Å². The van der Waals surface area contributed by atoms with Gasteiger partial charge in [0.2, 0.25) is 5.76 Å². The third-order valence-corrected chi connectivity index (χ3v) is 3.54. The first-order valence-corrected chi connectivity index (χ1v) is 6.51. The van der Waals surface area contributed by atoms with Gasteiger partial charge in [0, 0.05) is 7.11 Å². The second-order valence-corrected chi connectivity index (χ2v) is 4.76. The summed E-state index contributed by atoms with van der Waals surface area (Å²) >= 11 is 0. The molecule has 0 saturated heterocycles. The molecule has 0 atom stereocenters. The molecule has 2 rings (SSSR count). The minimum atomic E-state index is -2.88. The lowest BCUT2D eigenvalue weighted by Crippen LogP contribution is -2.41. The van der Waals surface area contributed by atoms with Gasteiger partial charge in [-0.25, -0.2) is 18.6 Å². The molecule has 0 spiro atoms. The van der Waals surface area contributed by atoms with Crippen LogP contribution in [0.3, 0.4) is 0 Å². The number of ether oxygens (including phenoxy) is 2. The molecule has 5 nitrogen and oxygen atoms in total. The summed E-state index contributed by atoms with van der Waals surface area (Å²) in [6.45, 7) is 1.67. The number of hydrogen-bond acceptors (Lipinski definition) is 5. The summed E-state index contributed by atoms with van der Waals surface area (Å²) < 4.78 is 41.0.